The quantitative estimate of drug-likeness (QED) is 0.853. The minimum Gasteiger partial charge on any atom is -0.465 e. The van der Waals surface area contributed by atoms with Crippen LogP contribution in [-0.4, -0.2) is 18.6 Å². The van der Waals surface area contributed by atoms with Crippen LogP contribution < -0.4 is 16.0 Å². The largest absolute Gasteiger partial charge is 0.465 e. The molecule has 2 heterocycles. The first-order valence-corrected chi connectivity index (χ1v) is 7.40. The molecule has 1 fully saturated rings. The average Bonchev–Trinajstić information content (AvgIpc) is 3.12. The number of rotatable bonds is 3. The number of fused-ring (bicyclic) bond motifs is 1. The molecule has 115 valence electrons. The van der Waals surface area contributed by atoms with Gasteiger partial charge in [0.2, 0.25) is 0 Å². The molecule has 2 aliphatic heterocycles. The molecule has 2 aliphatic rings. The number of anilines is 3. The van der Waals surface area contributed by atoms with Gasteiger partial charge in [0.05, 0.1) is 23.9 Å². The third kappa shape index (κ3) is 2.48. The van der Waals surface area contributed by atoms with Crippen LogP contribution in [0.2, 0.25) is 0 Å². The van der Waals surface area contributed by atoms with E-state index in [0.29, 0.717) is 24.4 Å². The maximum atomic E-state index is 12.0. The number of ether oxygens (including phenoxy) is 1. The highest BCUT2D eigenvalue weighted by atomic mass is 16.5. The average molecular weight is 308 g/mol. The molecule has 0 aliphatic carbocycles. The Morgan fingerprint density at radius 1 is 1.17 bits per heavy atom. The summed E-state index contributed by atoms with van der Waals surface area (Å²) in [6.45, 7) is 0.419. The summed E-state index contributed by atoms with van der Waals surface area (Å²) in [4.78, 5) is 23.5. The number of urea groups is 1. The molecule has 1 radical (unpaired) electrons. The van der Waals surface area contributed by atoms with E-state index in [9.17, 15) is 9.59 Å². The number of nitrogens with one attached hydrogen (secondary N) is 2. The first-order chi connectivity index (χ1) is 11.2. The molecule has 1 atom stereocenters. The Morgan fingerprint density at radius 2 is 2.00 bits per heavy atom. The molecular formula is C17H14N3O3. The van der Waals surface area contributed by atoms with Gasteiger partial charge in [0.1, 0.15) is 0 Å². The van der Waals surface area contributed by atoms with Gasteiger partial charge in [-0.2, -0.15) is 5.32 Å². The lowest BCUT2D eigenvalue weighted by atomic mass is 9.94. The van der Waals surface area contributed by atoms with Gasteiger partial charge in [0.15, 0.2) is 0 Å². The Morgan fingerprint density at radius 3 is 2.74 bits per heavy atom. The highest BCUT2D eigenvalue weighted by molar-refractivity contribution is 6.03. The summed E-state index contributed by atoms with van der Waals surface area (Å²) in [5, 5.41) is 9.92. The lowest BCUT2D eigenvalue weighted by molar-refractivity contribution is -0.139. The molecule has 2 aromatic rings. The molecule has 1 saturated heterocycles. The van der Waals surface area contributed by atoms with Crippen LogP contribution in [0.1, 0.15) is 17.9 Å². The summed E-state index contributed by atoms with van der Waals surface area (Å²) in [7, 11) is 0. The van der Waals surface area contributed by atoms with Gasteiger partial charge in [0, 0.05) is 11.4 Å². The van der Waals surface area contributed by atoms with E-state index >= 15 is 0 Å². The number of carbonyl (C=O) groups is 2. The predicted molar refractivity (Wildman–Crippen MR) is 85.3 cm³/mol. The SMILES string of the molecule is O=C1[N]c2cc(Nc3ccccc3)c(C3CCOC3=O)cc2N1. The highest BCUT2D eigenvalue weighted by Crippen LogP contribution is 2.40. The minimum atomic E-state index is -0.392. The molecule has 0 spiro atoms. The van der Waals surface area contributed by atoms with Crippen molar-refractivity contribution < 1.29 is 14.3 Å². The summed E-state index contributed by atoms with van der Waals surface area (Å²) in [5.41, 5.74) is 3.68. The Bertz CT molecular complexity index is 789. The molecule has 1 unspecified atom stereocenters. The molecule has 0 saturated carbocycles. The Hall–Kier alpha value is -3.02. The fourth-order valence-electron chi connectivity index (χ4n) is 2.90. The first-order valence-electron chi connectivity index (χ1n) is 7.40. The molecule has 0 bridgehead atoms. The molecular weight excluding hydrogens is 294 g/mol. The fraction of sp³-hybridized carbons (Fsp3) is 0.176. The summed E-state index contributed by atoms with van der Waals surface area (Å²) >= 11 is 0. The zero-order chi connectivity index (χ0) is 15.8. The van der Waals surface area contributed by atoms with E-state index in [4.69, 9.17) is 4.74 Å². The van der Waals surface area contributed by atoms with E-state index in [2.05, 4.69) is 16.0 Å². The van der Waals surface area contributed by atoms with Crippen molar-refractivity contribution >= 4 is 34.7 Å². The van der Waals surface area contributed by atoms with Crippen molar-refractivity contribution in [3.8, 4) is 0 Å². The van der Waals surface area contributed by atoms with E-state index in [0.717, 1.165) is 16.9 Å². The first kappa shape index (κ1) is 13.6. The van der Waals surface area contributed by atoms with Crippen LogP contribution in [0.5, 0.6) is 0 Å². The Kier molecular flexibility index (Phi) is 3.15. The van der Waals surface area contributed by atoms with Gasteiger partial charge in [-0.15, -0.1) is 0 Å². The number of amides is 2. The highest BCUT2D eigenvalue weighted by Gasteiger charge is 2.32. The van der Waals surface area contributed by atoms with Crippen LogP contribution in [-0.2, 0) is 9.53 Å². The second-order valence-electron chi connectivity index (χ2n) is 5.50. The van der Waals surface area contributed by atoms with Crippen molar-refractivity contribution in [1.82, 2.24) is 5.32 Å². The fourth-order valence-corrected chi connectivity index (χ4v) is 2.90. The van der Waals surface area contributed by atoms with Crippen LogP contribution >= 0.6 is 0 Å². The van der Waals surface area contributed by atoms with Crippen LogP contribution in [0.15, 0.2) is 42.5 Å². The van der Waals surface area contributed by atoms with Crippen molar-refractivity contribution in [2.75, 3.05) is 17.2 Å². The van der Waals surface area contributed by atoms with Gasteiger partial charge in [-0.3, -0.25) is 4.79 Å². The Balaban J connectivity index is 1.77. The number of benzene rings is 2. The third-order valence-electron chi connectivity index (χ3n) is 4.00. The van der Waals surface area contributed by atoms with Gasteiger partial charge >= 0.3 is 12.0 Å². The summed E-state index contributed by atoms with van der Waals surface area (Å²) in [6, 6.07) is 12.9. The van der Waals surface area contributed by atoms with Crippen molar-refractivity contribution in [2.45, 2.75) is 12.3 Å². The second-order valence-corrected chi connectivity index (χ2v) is 5.50. The molecule has 23 heavy (non-hydrogen) atoms. The standard InChI is InChI=1S/C17H14N3O3/c21-16-11(6-7-23-16)12-8-14-15(20-17(22)19-14)9-13(12)18-10-4-2-1-3-5-10/h1-5,8-9,11,18H,6-7H2,(H,19,22). The van der Waals surface area contributed by atoms with Crippen molar-refractivity contribution in [3.05, 3.63) is 48.0 Å². The van der Waals surface area contributed by atoms with E-state index in [1.54, 1.807) is 6.07 Å². The van der Waals surface area contributed by atoms with Crippen molar-refractivity contribution in [3.63, 3.8) is 0 Å². The maximum Gasteiger partial charge on any atom is 0.346 e. The lowest BCUT2D eigenvalue weighted by Crippen LogP contribution is -2.09. The number of hydrogen-bond acceptors (Lipinski definition) is 4. The van der Waals surface area contributed by atoms with Gasteiger partial charge in [-0.25, -0.2) is 4.79 Å². The number of esters is 1. The van der Waals surface area contributed by atoms with E-state index in [1.807, 2.05) is 36.4 Å². The summed E-state index contributed by atoms with van der Waals surface area (Å²) in [5.74, 6) is -0.564. The minimum absolute atomic E-state index is 0.234. The maximum absolute atomic E-state index is 12.0. The number of hydrogen-bond donors (Lipinski definition) is 2. The number of cyclic esters (lactones) is 1. The number of carbonyl (C=O) groups excluding carboxylic acids is 2. The molecule has 6 nitrogen and oxygen atoms in total. The van der Waals surface area contributed by atoms with Crippen molar-refractivity contribution in [1.29, 1.82) is 0 Å². The van der Waals surface area contributed by atoms with Crippen molar-refractivity contribution in [2.24, 2.45) is 0 Å². The monoisotopic (exact) mass is 308 g/mol. The van der Waals surface area contributed by atoms with Gasteiger partial charge < -0.3 is 15.4 Å². The molecule has 4 rings (SSSR count). The zero-order valence-electron chi connectivity index (χ0n) is 12.2. The second kappa shape index (κ2) is 5.31. The van der Waals surface area contributed by atoms with Crippen LogP contribution in [0.3, 0.4) is 0 Å². The lowest BCUT2D eigenvalue weighted by Gasteiger charge is -2.16. The topological polar surface area (TPSA) is 81.5 Å². The molecule has 2 N–H and O–H groups in total. The molecule has 2 aromatic carbocycles. The summed E-state index contributed by atoms with van der Waals surface area (Å²) < 4.78 is 5.09. The van der Waals surface area contributed by atoms with E-state index < -0.39 is 6.03 Å². The van der Waals surface area contributed by atoms with E-state index in [1.165, 1.54) is 0 Å². The van der Waals surface area contributed by atoms with Gasteiger partial charge in [-0.05, 0) is 36.2 Å². The zero-order valence-corrected chi connectivity index (χ0v) is 12.2. The number of para-hydroxylation sites is 1. The molecule has 2 amide bonds. The summed E-state index contributed by atoms with van der Waals surface area (Å²) in [6.07, 6.45) is 0.631. The Labute approximate surface area is 132 Å². The normalized spacial score (nSPS) is 18.9. The smallest absolute Gasteiger partial charge is 0.346 e. The van der Waals surface area contributed by atoms with Crippen LogP contribution in [0.4, 0.5) is 27.5 Å². The molecule has 6 heteroatoms. The van der Waals surface area contributed by atoms with Gasteiger partial charge in [-0.1, -0.05) is 18.2 Å². The predicted octanol–water partition coefficient (Wildman–Crippen LogP) is 3.24. The van der Waals surface area contributed by atoms with E-state index in [-0.39, 0.29) is 11.9 Å². The van der Waals surface area contributed by atoms with Gasteiger partial charge in [0.25, 0.3) is 0 Å². The molecule has 0 aromatic heterocycles. The number of nitrogens with zero attached hydrogens (tertiary/aromatic N) is 1. The van der Waals surface area contributed by atoms with Crippen LogP contribution in [0.25, 0.3) is 0 Å². The van der Waals surface area contributed by atoms with Crippen LogP contribution in [0, 0.1) is 0 Å². The third-order valence-corrected chi connectivity index (χ3v) is 4.00.